The number of Topliss-reactive ketones (excluding diaryl/α,β-unsaturated/α-hetero) is 1. The summed E-state index contributed by atoms with van der Waals surface area (Å²) in [6.07, 6.45) is -0.531. The molecule has 1 fully saturated rings. The first kappa shape index (κ1) is 29.4. The van der Waals surface area contributed by atoms with E-state index in [1.807, 2.05) is 0 Å². The van der Waals surface area contributed by atoms with Crippen molar-refractivity contribution in [3.8, 4) is 11.4 Å². The standard InChI is InChI=1S/C28H30F2N2O7S/c1-17-12-25(20(4)32(17)22-8-10-23(11-9-22)39-28(29)30)26(33)16-37-27(34)21-6-5-7-24(13-21)40(35,36)31-14-18(2)38-19(3)15-31/h5-13,18-19,28H,14-16H2,1-4H3/t18-,19-/m0/s1. The van der Waals surface area contributed by atoms with Crippen LogP contribution in [0.3, 0.4) is 0 Å². The smallest absolute Gasteiger partial charge is 0.387 e. The van der Waals surface area contributed by atoms with Crippen molar-refractivity contribution in [3.05, 3.63) is 77.1 Å². The number of carbonyl (C=O) groups excluding carboxylic acids is 2. The fourth-order valence-electron chi connectivity index (χ4n) is 4.77. The Morgan fingerprint density at radius 2 is 1.68 bits per heavy atom. The number of alkyl halides is 2. The molecule has 0 spiro atoms. The van der Waals surface area contributed by atoms with Crippen LogP contribution >= 0.6 is 0 Å². The van der Waals surface area contributed by atoms with Crippen LogP contribution in [-0.2, 0) is 19.5 Å². The zero-order chi connectivity index (χ0) is 29.2. The number of hydrogen-bond donors (Lipinski definition) is 0. The van der Waals surface area contributed by atoms with Crippen LogP contribution in [-0.4, -0.2) is 67.6 Å². The van der Waals surface area contributed by atoms with Gasteiger partial charge in [-0.05, 0) is 76.2 Å². The van der Waals surface area contributed by atoms with Crippen molar-refractivity contribution in [1.29, 1.82) is 0 Å². The molecule has 2 aromatic carbocycles. The van der Waals surface area contributed by atoms with Gasteiger partial charge < -0.3 is 18.8 Å². The largest absolute Gasteiger partial charge is 0.454 e. The van der Waals surface area contributed by atoms with Gasteiger partial charge in [0.05, 0.1) is 22.7 Å². The van der Waals surface area contributed by atoms with Crippen LogP contribution < -0.4 is 4.74 Å². The normalized spacial score (nSPS) is 18.1. The number of morpholine rings is 1. The first-order chi connectivity index (χ1) is 18.9. The minimum Gasteiger partial charge on any atom is -0.454 e. The second-order valence-electron chi connectivity index (χ2n) is 9.60. The molecule has 9 nitrogen and oxygen atoms in total. The van der Waals surface area contributed by atoms with E-state index < -0.39 is 35.0 Å². The fraction of sp³-hybridized carbons (Fsp3) is 0.357. The minimum atomic E-state index is -3.87. The van der Waals surface area contributed by atoms with Gasteiger partial charge in [-0.15, -0.1) is 0 Å². The van der Waals surface area contributed by atoms with E-state index in [1.54, 1.807) is 50.5 Å². The van der Waals surface area contributed by atoms with Gasteiger partial charge in [-0.2, -0.15) is 13.1 Å². The van der Waals surface area contributed by atoms with Gasteiger partial charge in [0.15, 0.2) is 6.61 Å². The van der Waals surface area contributed by atoms with Gasteiger partial charge in [0, 0.05) is 35.7 Å². The molecule has 0 unspecified atom stereocenters. The zero-order valence-electron chi connectivity index (χ0n) is 22.5. The molecule has 0 N–H and O–H groups in total. The number of rotatable bonds is 9. The van der Waals surface area contributed by atoms with Crippen LogP contribution in [0.2, 0.25) is 0 Å². The Hall–Kier alpha value is -3.61. The third kappa shape index (κ3) is 6.40. The van der Waals surface area contributed by atoms with Crippen LogP contribution in [0, 0.1) is 13.8 Å². The van der Waals surface area contributed by atoms with Crippen molar-refractivity contribution in [2.45, 2.75) is 51.4 Å². The number of carbonyl (C=O) groups is 2. The molecule has 0 amide bonds. The Balaban J connectivity index is 1.45. The van der Waals surface area contributed by atoms with Gasteiger partial charge in [-0.25, -0.2) is 13.2 Å². The number of benzene rings is 2. The molecular weight excluding hydrogens is 546 g/mol. The lowest BCUT2D eigenvalue weighted by Gasteiger charge is -2.34. The Labute approximate surface area is 231 Å². The molecular formula is C28H30F2N2O7S. The minimum absolute atomic E-state index is 0.000176. The topological polar surface area (TPSA) is 104 Å². The van der Waals surface area contributed by atoms with E-state index in [4.69, 9.17) is 9.47 Å². The van der Waals surface area contributed by atoms with E-state index >= 15 is 0 Å². The number of nitrogens with zero attached hydrogens (tertiary/aromatic N) is 2. The number of aromatic nitrogens is 1. The van der Waals surface area contributed by atoms with Crippen molar-refractivity contribution in [1.82, 2.24) is 8.87 Å². The van der Waals surface area contributed by atoms with E-state index in [9.17, 15) is 26.8 Å². The first-order valence-corrected chi connectivity index (χ1v) is 14.0. The van der Waals surface area contributed by atoms with Gasteiger partial charge in [0.25, 0.3) is 0 Å². The maximum absolute atomic E-state index is 13.2. The summed E-state index contributed by atoms with van der Waals surface area (Å²) in [4.78, 5) is 25.7. The second-order valence-corrected chi connectivity index (χ2v) is 11.5. The summed E-state index contributed by atoms with van der Waals surface area (Å²) in [6.45, 7) is 3.99. The second kappa shape index (κ2) is 11.9. The lowest BCUT2D eigenvalue weighted by Crippen LogP contribution is -2.48. The highest BCUT2D eigenvalue weighted by Crippen LogP contribution is 2.25. The number of halogens is 2. The Kier molecular flexibility index (Phi) is 8.71. The Morgan fingerprint density at radius 3 is 2.30 bits per heavy atom. The van der Waals surface area contributed by atoms with E-state index in [-0.39, 0.29) is 41.5 Å². The molecule has 2 heterocycles. The highest BCUT2D eigenvalue weighted by atomic mass is 32.2. The highest BCUT2D eigenvalue weighted by molar-refractivity contribution is 7.89. The van der Waals surface area contributed by atoms with Gasteiger partial charge in [0.1, 0.15) is 5.75 Å². The monoisotopic (exact) mass is 576 g/mol. The summed E-state index contributed by atoms with van der Waals surface area (Å²) >= 11 is 0. The third-order valence-corrected chi connectivity index (χ3v) is 8.31. The summed E-state index contributed by atoms with van der Waals surface area (Å²) in [5.41, 5.74) is 2.24. The molecule has 1 aliphatic heterocycles. The van der Waals surface area contributed by atoms with Crippen molar-refractivity contribution >= 4 is 21.8 Å². The predicted octanol–water partition coefficient (Wildman–Crippen LogP) is 4.53. The average Bonchev–Trinajstić information content (AvgIpc) is 3.20. The van der Waals surface area contributed by atoms with Crippen molar-refractivity contribution in [2.75, 3.05) is 19.7 Å². The lowest BCUT2D eigenvalue weighted by molar-refractivity contribution is -0.0498. The Morgan fingerprint density at radius 1 is 1.02 bits per heavy atom. The molecule has 1 aromatic heterocycles. The van der Waals surface area contributed by atoms with Crippen LogP contribution in [0.4, 0.5) is 8.78 Å². The molecule has 4 rings (SSSR count). The zero-order valence-corrected chi connectivity index (χ0v) is 23.3. The first-order valence-electron chi connectivity index (χ1n) is 12.6. The molecule has 214 valence electrons. The van der Waals surface area contributed by atoms with Crippen molar-refractivity contribution in [2.24, 2.45) is 0 Å². The summed E-state index contributed by atoms with van der Waals surface area (Å²) in [6, 6.07) is 13.1. The Bertz CT molecular complexity index is 1490. The molecule has 1 aliphatic rings. The number of ketones is 1. The molecule has 3 aromatic rings. The average molecular weight is 577 g/mol. The van der Waals surface area contributed by atoms with E-state index in [0.29, 0.717) is 22.6 Å². The van der Waals surface area contributed by atoms with Crippen LogP contribution in [0.1, 0.15) is 46.0 Å². The molecule has 1 saturated heterocycles. The number of esters is 1. The van der Waals surface area contributed by atoms with Gasteiger partial charge in [-0.1, -0.05) is 6.07 Å². The summed E-state index contributed by atoms with van der Waals surface area (Å²) in [5, 5.41) is 0. The SMILES string of the molecule is Cc1cc(C(=O)COC(=O)c2cccc(S(=O)(=O)N3C[C@H](C)O[C@@H](C)C3)c2)c(C)n1-c1ccc(OC(F)F)cc1. The molecule has 0 bridgehead atoms. The maximum Gasteiger partial charge on any atom is 0.387 e. The number of aryl methyl sites for hydroxylation is 1. The summed E-state index contributed by atoms with van der Waals surface area (Å²) < 4.78 is 69.6. The van der Waals surface area contributed by atoms with Gasteiger partial charge in [0.2, 0.25) is 15.8 Å². The van der Waals surface area contributed by atoms with Crippen molar-refractivity contribution < 1.29 is 41.0 Å². The van der Waals surface area contributed by atoms with Crippen LogP contribution in [0.5, 0.6) is 5.75 Å². The molecule has 0 saturated carbocycles. The molecule has 12 heteroatoms. The number of sulfonamides is 1. The molecule has 0 aliphatic carbocycles. The quantitative estimate of drug-likeness (QED) is 0.272. The predicted molar refractivity (Wildman–Crippen MR) is 142 cm³/mol. The van der Waals surface area contributed by atoms with Crippen molar-refractivity contribution in [3.63, 3.8) is 0 Å². The fourth-order valence-corrected chi connectivity index (χ4v) is 6.41. The van der Waals surface area contributed by atoms with E-state index in [2.05, 4.69) is 4.74 Å². The number of ether oxygens (including phenoxy) is 3. The highest BCUT2D eigenvalue weighted by Gasteiger charge is 2.32. The molecule has 0 radical (unpaired) electrons. The lowest BCUT2D eigenvalue weighted by atomic mass is 10.1. The van der Waals surface area contributed by atoms with Gasteiger partial charge in [-0.3, -0.25) is 4.79 Å². The third-order valence-electron chi connectivity index (χ3n) is 6.48. The van der Waals surface area contributed by atoms with E-state index in [0.717, 1.165) is 0 Å². The van der Waals surface area contributed by atoms with Gasteiger partial charge >= 0.3 is 12.6 Å². The van der Waals surface area contributed by atoms with E-state index in [1.165, 1.54) is 40.7 Å². The van der Waals surface area contributed by atoms with Crippen LogP contribution in [0.25, 0.3) is 5.69 Å². The summed E-state index contributed by atoms with van der Waals surface area (Å²) in [7, 11) is -3.87. The summed E-state index contributed by atoms with van der Waals surface area (Å²) in [5.74, 6) is -1.28. The number of hydrogen-bond acceptors (Lipinski definition) is 7. The molecule has 40 heavy (non-hydrogen) atoms. The maximum atomic E-state index is 13.2. The molecule has 2 atom stereocenters. The van der Waals surface area contributed by atoms with Crippen LogP contribution in [0.15, 0.2) is 59.5 Å².